The maximum atomic E-state index is 5.73. The van der Waals surface area contributed by atoms with E-state index in [0.717, 1.165) is 5.92 Å². The smallest absolute Gasteiger partial charge is 0.193 e. The molecule has 0 saturated carbocycles. The molecule has 0 aromatic heterocycles. The van der Waals surface area contributed by atoms with Gasteiger partial charge in [0.2, 0.25) is 0 Å². The number of hydrogen-bond acceptors (Lipinski definition) is 1. The van der Waals surface area contributed by atoms with Gasteiger partial charge < -0.3 is 4.74 Å². The summed E-state index contributed by atoms with van der Waals surface area (Å²) in [6.07, 6.45) is 8.86. The van der Waals surface area contributed by atoms with Crippen molar-refractivity contribution in [2.75, 3.05) is 26.7 Å². The third-order valence-electron chi connectivity index (χ3n) is 4.59. The highest BCUT2D eigenvalue weighted by atomic mass is 16.5. The first-order chi connectivity index (χ1) is 7.30. The van der Waals surface area contributed by atoms with Gasteiger partial charge in [-0.2, -0.15) is 0 Å². The summed E-state index contributed by atoms with van der Waals surface area (Å²) in [5, 5.41) is 0. The molecule has 2 nitrogen and oxygen atoms in total. The van der Waals surface area contributed by atoms with Crippen LogP contribution in [0.1, 0.15) is 45.4 Å². The molecular weight excluding hydrogens is 186 g/mol. The summed E-state index contributed by atoms with van der Waals surface area (Å²) in [5.41, 5.74) is 0. The van der Waals surface area contributed by atoms with Crippen molar-refractivity contribution in [1.82, 2.24) is 0 Å². The minimum Gasteiger partial charge on any atom is -0.332 e. The van der Waals surface area contributed by atoms with Gasteiger partial charge >= 0.3 is 0 Å². The van der Waals surface area contributed by atoms with Crippen molar-refractivity contribution in [1.29, 1.82) is 0 Å². The van der Waals surface area contributed by atoms with Crippen molar-refractivity contribution < 1.29 is 9.22 Å². The van der Waals surface area contributed by atoms with Crippen LogP contribution in [0.4, 0.5) is 0 Å². The molecule has 2 heteroatoms. The average Bonchev–Trinajstić information content (AvgIpc) is 2.30. The summed E-state index contributed by atoms with van der Waals surface area (Å²) < 4.78 is 7.02. The Hall–Kier alpha value is -0.0800. The lowest BCUT2D eigenvalue weighted by Crippen LogP contribution is -2.64. The van der Waals surface area contributed by atoms with Crippen molar-refractivity contribution in [3.8, 4) is 0 Å². The molecule has 0 N–H and O–H groups in total. The van der Waals surface area contributed by atoms with Crippen LogP contribution in [-0.2, 0) is 4.74 Å². The Morgan fingerprint density at radius 2 is 1.93 bits per heavy atom. The number of piperidine rings is 3. The first-order valence-corrected chi connectivity index (χ1v) is 6.69. The predicted molar refractivity (Wildman–Crippen MR) is 62.5 cm³/mol. The van der Waals surface area contributed by atoms with Crippen LogP contribution in [0.3, 0.4) is 0 Å². The van der Waals surface area contributed by atoms with Crippen LogP contribution in [0.2, 0.25) is 0 Å². The lowest BCUT2D eigenvalue weighted by molar-refractivity contribution is -0.986. The Labute approximate surface area is 94.2 Å². The van der Waals surface area contributed by atoms with Crippen LogP contribution >= 0.6 is 0 Å². The zero-order valence-electron chi connectivity index (χ0n) is 10.4. The van der Waals surface area contributed by atoms with Gasteiger partial charge in [0, 0.05) is 26.4 Å². The molecular formula is C13H26NO+. The predicted octanol–water partition coefficient (Wildman–Crippen LogP) is 2.78. The number of hydrogen-bond donors (Lipinski definition) is 0. The SMILES string of the molecule is CCCCC[N+]12CCC(CC1)CC2OC. The van der Waals surface area contributed by atoms with E-state index < -0.39 is 0 Å². The maximum Gasteiger partial charge on any atom is 0.193 e. The minimum absolute atomic E-state index is 0.523. The minimum atomic E-state index is 0.523. The molecule has 3 aliphatic heterocycles. The van der Waals surface area contributed by atoms with Gasteiger partial charge in [-0.05, 0) is 18.8 Å². The Bertz CT molecular complexity index is 197. The van der Waals surface area contributed by atoms with E-state index in [4.69, 9.17) is 4.74 Å². The van der Waals surface area contributed by atoms with Gasteiger partial charge in [0.05, 0.1) is 19.6 Å². The van der Waals surface area contributed by atoms with E-state index in [1.807, 2.05) is 7.11 Å². The lowest BCUT2D eigenvalue weighted by Gasteiger charge is -2.53. The lowest BCUT2D eigenvalue weighted by atomic mass is 9.84. The second-order valence-corrected chi connectivity index (χ2v) is 5.47. The van der Waals surface area contributed by atoms with E-state index in [9.17, 15) is 0 Å². The molecule has 0 aromatic carbocycles. The van der Waals surface area contributed by atoms with E-state index >= 15 is 0 Å². The third kappa shape index (κ3) is 2.21. The highest BCUT2D eigenvalue weighted by Crippen LogP contribution is 2.38. The van der Waals surface area contributed by atoms with Crippen molar-refractivity contribution in [3.05, 3.63) is 0 Å². The Kier molecular flexibility index (Phi) is 3.68. The molecule has 3 aliphatic rings. The topological polar surface area (TPSA) is 9.23 Å². The van der Waals surface area contributed by atoms with Gasteiger partial charge in [0.25, 0.3) is 0 Å². The van der Waals surface area contributed by atoms with Crippen molar-refractivity contribution in [2.45, 2.75) is 51.7 Å². The molecule has 1 atom stereocenters. The summed E-state index contributed by atoms with van der Waals surface area (Å²) in [5.74, 6) is 0.973. The first kappa shape index (κ1) is 11.4. The highest BCUT2D eigenvalue weighted by molar-refractivity contribution is 4.75. The van der Waals surface area contributed by atoms with Crippen molar-refractivity contribution in [3.63, 3.8) is 0 Å². The van der Waals surface area contributed by atoms with E-state index in [1.165, 1.54) is 62.6 Å². The van der Waals surface area contributed by atoms with E-state index in [-0.39, 0.29) is 0 Å². The molecule has 1 unspecified atom stereocenters. The molecule has 15 heavy (non-hydrogen) atoms. The van der Waals surface area contributed by atoms with Gasteiger partial charge in [-0.25, -0.2) is 0 Å². The standard InChI is InChI=1S/C13H26NO/c1-3-4-5-8-14-9-6-12(7-10-14)11-13(14)15-2/h12-13H,3-11H2,1-2H3/q+1. The molecule has 0 amide bonds. The maximum absolute atomic E-state index is 5.73. The number of unbranched alkanes of at least 4 members (excludes halogenated alkanes) is 2. The fourth-order valence-electron chi connectivity index (χ4n) is 3.53. The molecule has 2 bridgehead atoms. The van der Waals surface area contributed by atoms with Crippen LogP contribution in [0.5, 0.6) is 0 Å². The normalized spacial score (nSPS) is 39.6. The van der Waals surface area contributed by atoms with E-state index in [1.54, 1.807) is 0 Å². The summed E-state index contributed by atoms with van der Waals surface area (Å²) in [6.45, 7) is 6.41. The van der Waals surface area contributed by atoms with Crippen LogP contribution in [-0.4, -0.2) is 37.5 Å². The molecule has 3 rings (SSSR count). The molecule has 0 aromatic rings. The van der Waals surface area contributed by atoms with Gasteiger partial charge in [-0.1, -0.05) is 13.3 Å². The Morgan fingerprint density at radius 1 is 1.20 bits per heavy atom. The molecule has 0 spiro atoms. The number of ether oxygens (including phenoxy) is 1. The van der Waals surface area contributed by atoms with E-state index in [2.05, 4.69) is 6.92 Å². The molecule has 3 saturated heterocycles. The summed E-state index contributed by atoms with van der Waals surface area (Å²) in [7, 11) is 1.91. The molecule has 0 radical (unpaired) electrons. The van der Waals surface area contributed by atoms with Gasteiger partial charge in [-0.15, -0.1) is 0 Å². The second kappa shape index (κ2) is 4.84. The highest BCUT2D eigenvalue weighted by Gasteiger charge is 2.47. The average molecular weight is 212 g/mol. The fourth-order valence-corrected chi connectivity index (χ4v) is 3.53. The second-order valence-electron chi connectivity index (χ2n) is 5.47. The number of fused-ring (bicyclic) bond motifs is 3. The van der Waals surface area contributed by atoms with Gasteiger partial charge in [0.1, 0.15) is 0 Å². The molecule has 3 fully saturated rings. The number of quaternary nitrogens is 1. The molecule has 0 aliphatic carbocycles. The monoisotopic (exact) mass is 212 g/mol. The summed E-state index contributed by atoms with van der Waals surface area (Å²) in [6, 6.07) is 0. The van der Waals surface area contributed by atoms with Gasteiger partial charge in [0.15, 0.2) is 6.23 Å². The third-order valence-corrected chi connectivity index (χ3v) is 4.59. The fraction of sp³-hybridized carbons (Fsp3) is 1.00. The number of methoxy groups -OCH3 is 1. The quantitative estimate of drug-likeness (QED) is 0.503. The van der Waals surface area contributed by atoms with Crippen LogP contribution < -0.4 is 0 Å². The molecule has 88 valence electrons. The largest absolute Gasteiger partial charge is 0.332 e. The first-order valence-electron chi connectivity index (χ1n) is 6.69. The molecule has 3 heterocycles. The summed E-state index contributed by atoms with van der Waals surface area (Å²) >= 11 is 0. The van der Waals surface area contributed by atoms with Gasteiger partial charge in [-0.3, -0.25) is 4.48 Å². The zero-order chi connectivity index (χ0) is 10.7. The Morgan fingerprint density at radius 3 is 2.53 bits per heavy atom. The van der Waals surface area contributed by atoms with Crippen LogP contribution in [0.15, 0.2) is 0 Å². The Balaban J connectivity index is 1.95. The van der Waals surface area contributed by atoms with Crippen LogP contribution in [0, 0.1) is 5.92 Å². The zero-order valence-corrected chi connectivity index (χ0v) is 10.4. The van der Waals surface area contributed by atoms with E-state index in [0.29, 0.717) is 6.23 Å². The summed E-state index contributed by atoms with van der Waals surface area (Å²) in [4.78, 5) is 0. The van der Waals surface area contributed by atoms with Crippen LogP contribution in [0.25, 0.3) is 0 Å². The number of rotatable bonds is 5. The van der Waals surface area contributed by atoms with Crippen molar-refractivity contribution >= 4 is 0 Å². The number of nitrogens with zero attached hydrogens (tertiary/aromatic N) is 1. The van der Waals surface area contributed by atoms with Crippen molar-refractivity contribution in [2.24, 2.45) is 5.92 Å².